The Morgan fingerprint density at radius 2 is 2.00 bits per heavy atom. The monoisotopic (exact) mass is 327 g/mol. The zero-order valence-electron chi connectivity index (χ0n) is 14.4. The zero-order valence-corrected chi connectivity index (χ0v) is 14.4. The van der Waals surface area contributed by atoms with Gasteiger partial charge in [-0.25, -0.2) is 0 Å². The van der Waals surface area contributed by atoms with E-state index in [1.54, 1.807) is 0 Å². The van der Waals surface area contributed by atoms with Gasteiger partial charge in [-0.15, -0.1) is 0 Å². The van der Waals surface area contributed by atoms with E-state index in [1.807, 2.05) is 12.1 Å². The lowest BCUT2D eigenvalue weighted by Crippen LogP contribution is -2.29. The van der Waals surface area contributed by atoms with Crippen molar-refractivity contribution in [3.05, 3.63) is 46.8 Å². The number of carbonyl (C=O) groups is 1. The van der Waals surface area contributed by atoms with Gasteiger partial charge in [0.2, 0.25) is 0 Å². The van der Waals surface area contributed by atoms with Crippen LogP contribution in [0.5, 0.6) is 5.75 Å². The minimum atomic E-state index is -0.117. The summed E-state index contributed by atoms with van der Waals surface area (Å²) < 4.78 is 5.68. The van der Waals surface area contributed by atoms with Crippen LogP contribution in [0.25, 0.3) is 0 Å². The number of hydrogen-bond donors (Lipinski definition) is 2. The second kappa shape index (κ2) is 7.51. The maximum absolute atomic E-state index is 12.3. The van der Waals surface area contributed by atoms with Crippen LogP contribution >= 0.6 is 0 Å². The molecule has 1 aliphatic rings. The predicted molar refractivity (Wildman–Crippen MR) is 93.6 cm³/mol. The molecule has 0 radical (unpaired) electrons. The van der Waals surface area contributed by atoms with E-state index in [0.29, 0.717) is 24.8 Å². The molecule has 128 valence electrons. The van der Waals surface area contributed by atoms with Gasteiger partial charge in [-0.1, -0.05) is 26.0 Å². The van der Waals surface area contributed by atoms with E-state index in [4.69, 9.17) is 4.74 Å². The number of hydrogen-bond acceptors (Lipinski definition) is 3. The van der Waals surface area contributed by atoms with Gasteiger partial charge >= 0.3 is 0 Å². The van der Waals surface area contributed by atoms with Crippen LogP contribution in [0.3, 0.4) is 0 Å². The van der Waals surface area contributed by atoms with Crippen LogP contribution in [0.4, 0.5) is 0 Å². The maximum atomic E-state index is 12.3. The number of aromatic amines is 1. The van der Waals surface area contributed by atoms with Gasteiger partial charge in [0.05, 0.1) is 6.54 Å². The van der Waals surface area contributed by atoms with Crippen molar-refractivity contribution in [2.24, 2.45) is 0 Å². The Morgan fingerprint density at radius 3 is 2.75 bits per heavy atom. The van der Waals surface area contributed by atoms with Crippen molar-refractivity contribution in [3.8, 4) is 5.75 Å². The summed E-state index contributed by atoms with van der Waals surface area (Å²) in [5.41, 5.74) is 4.04. The first-order chi connectivity index (χ1) is 11.6. The van der Waals surface area contributed by atoms with Gasteiger partial charge in [0.25, 0.3) is 5.91 Å². The minimum absolute atomic E-state index is 0.117. The van der Waals surface area contributed by atoms with Gasteiger partial charge in [0, 0.05) is 11.3 Å². The minimum Gasteiger partial charge on any atom is -0.492 e. The van der Waals surface area contributed by atoms with Crippen molar-refractivity contribution in [1.82, 2.24) is 15.5 Å². The van der Waals surface area contributed by atoms with Crippen molar-refractivity contribution in [3.63, 3.8) is 0 Å². The lowest BCUT2D eigenvalue weighted by Gasteiger charge is -2.11. The number of nitrogens with zero attached hydrogens (tertiary/aromatic N) is 1. The molecule has 5 heteroatoms. The Labute approximate surface area is 142 Å². The molecule has 0 saturated carbocycles. The molecule has 1 aromatic carbocycles. The van der Waals surface area contributed by atoms with Gasteiger partial charge in [0.1, 0.15) is 12.4 Å². The summed E-state index contributed by atoms with van der Waals surface area (Å²) in [4.78, 5) is 12.3. The number of benzene rings is 1. The number of fused-ring (bicyclic) bond motifs is 1. The molecular weight excluding hydrogens is 302 g/mol. The number of carbonyl (C=O) groups excluding carboxylic acids is 1. The van der Waals surface area contributed by atoms with Gasteiger partial charge < -0.3 is 10.1 Å². The largest absolute Gasteiger partial charge is 0.492 e. The van der Waals surface area contributed by atoms with Crippen LogP contribution in [0, 0.1) is 0 Å². The molecule has 1 amide bonds. The van der Waals surface area contributed by atoms with E-state index in [-0.39, 0.29) is 5.91 Å². The highest BCUT2D eigenvalue weighted by molar-refractivity contribution is 5.94. The summed E-state index contributed by atoms with van der Waals surface area (Å²) in [7, 11) is 0. The topological polar surface area (TPSA) is 67.0 Å². The highest BCUT2D eigenvalue weighted by Crippen LogP contribution is 2.22. The number of aryl methyl sites for hydroxylation is 1. The predicted octanol–water partition coefficient (Wildman–Crippen LogP) is 3.22. The standard InChI is InChI=1S/C19H25N3O2/c1-13(2)14-7-9-15(10-8-14)24-12-11-20-19(23)18-16-5-3-4-6-17(16)21-22-18/h7-10,13H,3-6,11-12H2,1-2H3,(H,20,23)(H,21,22). The van der Waals surface area contributed by atoms with Crippen LogP contribution in [0.2, 0.25) is 0 Å². The first-order valence-electron chi connectivity index (χ1n) is 8.72. The number of nitrogens with one attached hydrogen (secondary N) is 2. The lowest BCUT2D eigenvalue weighted by atomic mass is 9.96. The molecule has 1 aromatic heterocycles. The fourth-order valence-corrected chi connectivity index (χ4v) is 3.03. The Bertz CT molecular complexity index is 689. The molecule has 0 spiro atoms. The molecule has 1 aliphatic carbocycles. The second-order valence-corrected chi connectivity index (χ2v) is 6.56. The zero-order chi connectivity index (χ0) is 16.9. The van der Waals surface area contributed by atoms with Crippen molar-refractivity contribution < 1.29 is 9.53 Å². The molecule has 0 unspecified atom stereocenters. The van der Waals surface area contributed by atoms with Crippen LogP contribution in [-0.4, -0.2) is 29.3 Å². The third-order valence-electron chi connectivity index (χ3n) is 4.47. The molecular formula is C19H25N3O2. The van der Waals surface area contributed by atoms with Crippen LogP contribution in [0.15, 0.2) is 24.3 Å². The lowest BCUT2D eigenvalue weighted by molar-refractivity contribution is 0.0941. The SMILES string of the molecule is CC(C)c1ccc(OCCNC(=O)c2n[nH]c3c2CCCC3)cc1. The number of H-pyrrole nitrogens is 1. The molecule has 0 saturated heterocycles. The molecule has 0 bridgehead atoms. The van der Waals surface area contributed by atoms with Crippen LogP contribution in [-0.2, 0) is 12.8 Å². The average molecular weight is 327 g/mol. The summed E-state index contributed by atoms with van der Waals surface area (Å²) in [6.45, 7) is 5.24. The molecule has 24 heavy (non-hydrogen) atoms. The molecule has 5 nitrogen and oxygen atoms in total. The molecule has 1 heterocycles. The molecule has 2 N–H and O–H groups in total. The highest BCUT2D eigenvalue weighted by atomic mass is 16.5. The second-order valence-electron chi connectivity index (χ2n) is 6.56. The Kier molecular flexibility index (Phi) is 5.18. The summed E-state index contributed by atoms with van der Waals surface area (Å²) in [5.74, 6) is 1.22. The number of ether oxygens (including phenoxy) is 1. The highest BCUT2D eigenvalue weighted by Gasteiger charge is 2.21. The van der Waals surface area contributed by atoms with Gasteiger partial charge in [-0.2, -0.15) is 5.10 Å². The third-order valence-corrected chi connectivity index (χ3v) is 4.47. The van der Waals surface area contributed by atoms with Crippen LogP contribution < -0.4 is 10.1 Å². The van der Waals surface area contributed by atoms with Crippen molar-refractivity contribution >= 4 is 5.91 Å². The van der Waals surface area contributed by atoms with E-state index < -0.39 is 0 Å². The summed E-state index contributed by atoms with van der Waals surface area (Å²) in [5, 5.41) is 10.1. The van der Waals surface area contributed by atoms with E-state index in [2.05, 4.69) is 41.5 Å². The molecule has 0 atom stereocenters. The van der Waals surface area contributed by atoms with Crippen molar-refractivity contribution in [2.75, 3.05) is 13.2 Å². The van der Waals surface area contributed by atoms with E-state index in [1.165, 1.54) is 12.0 Å². The Balaban J connectivity index is 1.46. The Hall–Kier alpha value is -2.30. The van der Waals surface area contributed by atoms with Gasteiger partial charge in [-0.05, 0) is 49.3 Å². The summed E-state index contributed by atoms with van der Waals surface area (Å²) in [6, 6.07) is 8.10. The molecule has 0 aliphatic heterocycles. The summed E-state index contributed by atoms with van der Waals surface area (Å²) in [6.07, 6.45) is 4.22. The summed E-state index contributed by atoms with van der Waals surface area (Å²) >= 11 is 0. The third kappa shape index (κ3) is 3.78. The Morgan fingerprint density at radius 1 is 1.25 bits per heavy atom. The van der Waals surface area contributed by atoms with E-state index >= 15 is 0 Å². The normalized spacial score (nSPS) is 13.6. The first-order valence-corrected chi connectivity index (χ1v) is 8.72. The fourth-order valence-electron chi connectivity index (χ4n) is 3.03. The molecule has 2 aromatic rings. The maximum Gasteiger partial charge on any atom is 0.272 e. The number of aromatic nitrogens is 2. The molecule has 0 fully saturated rings. The fraction of sp³-hybridized carbons (Fsp3) is 0.474. The van der Waals surface area contributed by atoms with Crippen molar-refractivity contribution in [1.29, 1.82) is 0 Å². The quantitative estimate of drug-likeness (QED) is 0.801. The first kappa shape index (κ1) is 16.6. The van der Waals surface area contributed by atoms with E-state index in [0.717, 1.165) is 36.3 Å². The van der Waals surface area contributed by atoms with E-state index in [9.17, 15) is 4.79 Å². The smallest absolute Gasteiger partial charge is 0.272 e. The van der Waals surface area contributed by atoms with Crippen LogP contribution in [0.1, 0.15) is 59.9 Å². The molecule has 3 rings (SSSR count). The number of rotatable bonds is 6. The van der Waals surface area contributed by atoms with Gasteiger partial charge in [0.15, 0.2) is 5.69 Å². The van der Waals surface area contributed by atoms with Gasteiger partial charge in [-0.3, -0.25) is 9.89 Å². The van der Waals surface area contributed by atoms with Crippen molar-refractivity contribution in [2.45, 2.75) is 45.4 Å². The average Bonchev–Trinajstić information content (AvgIpc) is 3.03. The number of amides is 1.